The smallest absolute Gasteiger partial charge is 0.234 e. The third-order valence-electron chi connectivity index (χ3n) is 3.08. The summed E-state index contributed by atoms with van der Waals surface area (Å²) in [5.74, 6) is -1.87. The Morgan fingerprint density at radius 1 is 1.17 bits per heavy atom. The van der Waals surface area contributed by atoms with Crippen LogP contribution in [0.3, 0.4) is 0 Å². The lowest BCUT2D eigenvalue weighted by Crippen LogP contribution is -2.15. The van der Waals surface area contributed by atoms with Gasteiger partial charge in [-0.25, -0.2) is 8.78 Å². The summed E-state index contributed by atoms with van der Waals surface area (Å²) in [5.41, 5.74) is -0.0546. The van der Waals surface area contributed by atoms with Gasteiger partial charge in [0, 0.05) is 16.8 Å². The van der Waals surface area contributed by atoms with Crippen LogP contribution in [-0.2, 0) is 4.79 Å². The van der Waals surface area contributed by atoms with Gasteiger partial charge in [-0.15, -0.1) is 5.10 Å². The van der Waals surface area contributed by atoms with E-state index in [1.54, 1.807) is 6.20 Å². The molecule has 3 aromatic rings. The largest absolute Gasteiger partial charge is 0.323 e. The van der Waals surface area contributed by atoms with E-state index in [1.807, 2.05) is 24.3 Å². The highest BCUT2D eigenvalue weighted by Gasteiger charge is 2.10. The second-order valence-electron chi connectivity index (χ2n) is 4.70. The minimum Gasteiger partial charge on any atom is -0.323 e. The van der Waals surface area contributed by atoms with Crippen LogP contribution in [0.4, 0.5) is 14.5 Å². The molecule has 0 saturated heterocycles. The van der Waals surface area contributed by atoms with Crippen LogP contribution in [0.2, 0.25) is 0 Å². The van der Waals surface area contributed by atoms with E-state index < -0.39 is 17.5 Å². The van der Waals surface area contributed by atoms with E-state index in [0.717, 1.165) is 22.9 Å². The molecule has 0 atom stereocenters. The molecule has 0 aliphatic heterocycles. The van der Waals surface area contributed by atoms with E-state index in [4.69, 9.17) is 0 Å². The van der Waals surface area contributed by atoms with E-state index in [0.29, 0.717) is 5.03 Å². The maximum Gasteiger partial charge on any atom is 0.234 e. The van der Waals surface area contributed by atoms with E-state index in [2.05, 4.69) is 15.5 Å². The quantitative estimate of drug-likeness (QED) is 0.742. The van der Waals surface area contributed by atoms with Gasteiger partial charge in [-0.2, -0.15) is 5.10 Å². The number of amides is 1. The van der Waals surface area contributed by atoms with E-state index >= 15 is 0 Å². The van der Waals surface area contributed by atoms with Crippen molar-refractivity contribution in [1.82, 2.24) is 10.2 Å². The van der Waals surface area contributed by atoms with Crippen LogP contribution in [0.5, 0.6) is 0 Å². The number of thioether (sulfide) groups is 1. The second-order valence-corrected chi connectivity index (χ2v) is 5.66. The molecule has 3 rings (SSSR count). The molecular formula is C16H11F2N3OS. The minimum absolute atomic E-state index is 0.0412. The summed E-state index contributed by atoms with van der Waals surface area (Å²) >= 11 is 1.20. The van der Waals surface area contributed by atoms with Crippen LogP contribution >= 0.6 is 11.8 Å². The summed E-state index contributed by atoms with van der Waals surface area (Å²) in [7, 11) is 0. The van der Waals surface area contributed by atoms with Crippen LogP contribution < -0.4 is 5.32 Å². The predicted octanol–water partition coefficient (Wildman–Crippen LogP) is 3.64. The first kappa shape index (κ1) is 15.4. The van der Waals surface area contributed by atoms with Gasteiger partial charge < -0.3 is 5.32 Å². The molecule has 4 nitrogen and oxygen atoms in total. The highest BCUT2D eigenvalue weighted by Crippen LogP contribution is 2.24. The molecular weight excluding hydrogens is 320 g/mol. The third-order valence-corrected chi connectivity index (χ3v) is 4.06. The van der Waals surface area contributed by atoms with Crippen molar-refractivity contribution in [3.8, 4) is 0 Å². The normalized spacial score (nSPS) is 10.7. The molecule has 0 unspecified atom stereocenters. The topological polar surface area (TPSA) is 54.9 Å². The number of hydrogen-bond donors (Lipinski definition) is 1. The summed E-state index contributed by atoms with van der Waals surface area (Å²) in [5, 5.41) is 12.8. The average molecular weight is 331 g/mol. The standard InChI is InChI=1S/C16H11F2N3OS/c17-11-5-6-14(13(18)7-11)20-15(22)9-23-16-12-4-2-1-3-10(12)8-19-21-16/h1-8H,9H2,(H,20,22). The number of hydrogen-bond acceptors (Lipinski definition) is 4. The Bertz CT molecular complexity index is 868. The van der Waals surface area contributed by atoms with Crippen LogP contribution in [0.25, 0.3) is 10.8 Å². The monoisotopic (exact) mass is 331 g/mol. The molecule has 1 amide bonds. The van der Waals surface area contributed by atoms with Crippen molar-refractivity contribution in [1.29, 1.82) is 0 Å². The summed E-state index contributed by atoms with van der Waals surface area (Å²) in [6.45, 7) is 0. The maximum atomic E-state index is 13.5. The summed E-state index contributed by atoms with van der Waals surface area (Å²) < 4.78 is 26.3. The van der Waals surface area contributed by atoms with Gasteiger partial charge in [-0.05, 0) is 12.1 Å². The fourth-order valence-corrected chi connectivity index (χ4v) is 2.81. The Morgan fingerprint density at radius 3 is 2.83 bits per heavy atom. The van der Waals surface area contributed by atoms with E-state index in [9.17, 15) is 13.6 Å². The van der Waals surface area contributed by atoms with E-state index in [-0.39, 0.29) is 11.4 Å². The van der Waals surface area contributed by atoms with Gasteiger partial charge in [0.1, 0.15) is 16.7 Å². The van der Waals surface area contributed by atoms with Gasteiger partial charge >= 0.3 is 0 Å². The molecule has 0 aliphatic carbocycles. The van der Waals surface area contributed by atoms with Crippen LogP contribution in [0.1, 0.15) is 0 Å². The lowest BCUT2D eigenvalue weighted by Gasteiger charge is -2.07. The van der Waals surface area contributed by atoms with Crippen molar-refractivity contribution in [3.63, 3.8) is 0 Å². The van der Waals surface area contributed by atoms with Gasteiger partial charge in [0.05, 0.1) is 17.6 Å². The molecule has 7 heteroatoms. The number of nitrogens with zero attached hydrogens (tertiary/aromatic N) is 2. The fourth-order valence-electron chi connectivity index (χ4n) is 2.02. The summed E-state index contributed by atoms with van der Waals surface area (Å²) in [6.07, 6.45) is 1.65. The lowest BCUT2D eigenvalue weighted by atomic mass is 10.2. The van der Waals surface area contributed by atoms with Gasteiger partial charge in [0.2, 0.25) is 5.91 Å². The summed E-state index contributed by atoms with van der Waals surface area (Å²) in [6, 6.07) is 10.6. The third kappa shape index (κ3) is 3.62. The molecule has 2 aromatic carbocycles. The number of rotatable bonds is 4. The van der Waals surface area contributed by atoms with Gasteiger partial charge in [0.25, 0.3) is 0 Å². The molecule has 1 N–H and O–H groups in total. The van der Waals surface area contributed by atoms with Crippen LogP contribution in [0, 0.1) is 11.6 Å². The molecule has 1 aromatic heterocycles. The zero-order chi connectivity index (χ0) is 16.2. The number of carbonyl (C=O) groups excluding carboxylic acids is 1. The molecule has 0 bridgehead atoms. The van der Waals surface area contributed by atoms with Crippen LogP contribution in [0.15, 0.2) is 53.7 Å². The zero-order valence-corrected chi connectivity index (χ0v) is 12.6. The van der Waals surface area contributed by atoms with Gasteiger partial charge in [-0.1, -0.05) is 36.0 Å². The Hall–Kier alpha value is -2.54. The van der Waals surface area contributed by atoms with Crippen molar-refractivity contribution in [2.24, 2.45) is 0 Å². The number of fused-ring (bicyclic) bond motifs is 1. The van der Waals surface area contributed by atoms with Crippen molar-refractivity contribution in [3.05, 3.63) is 60.3 Å². The van der Waals surface area contributed by atoms with E-state index in [1.165, 1.54) is 17.8 Å². The predicted molar refractivity (Wildman–Crippen MR) is 85.2 cm³/mol. The summed E-state index contributed by atoms with van der Waals surface area (Å²) in [4.78, 5) is 11.9. The number of nitrogens with one attached hydrogen (secondary N) is 1. The Morgan fingerprint density at radius 2 is 2.00 bits per heavy atom. The Kier molecular flexibility index (Phi) is 4.47. The second kappa shape index (κ2) is 6.70. The van der Waals surface area contributed by atoms with Crippen molar-refractivity contribution in [2.45, 2.75) is 5.03 Å². The number of halogens is 2. The lowest BCUT2D eigenvalue weighted by molar-refractivity contribution is -0.113. The average Bonchev–Trinajstić information content (AvgIpc) is 2.55. The highest BCUT2D eigenvalue weighted by molar-refractivity contribution is 8.00. The number of aromatic nitrogens is 2. The van der Waals surface area contributed by atoms with Gasteiger partial charge in [-0.3, -0.25) is 4.79 Å². The first-order chi connectivity index (χ1) is 11.1. The molecule has 1 heterocycles. The first-order valence-corrected chi connectivity index (χ1v) is 7.70. The minimum atomic E-state index is -0.812. The van der Waals surface area contributed by atoms with Gasteiger partial charge in [0.15, 0.2) is 0 Å². The SMILES string of the molecule is O=C(CSc1nncc2ccccc12)Nc1ccc(F)cc1F. The molecule has 0 saturated carbocycles. The maximum absolute atomic E-state index is 13.5. The van der Waals surface area contributed by atoms with Crippen molar-refractivity contribution < 1.29 is 13.6 Å². The molecule has 0 spiro atoms. The zero-order valence-electron chi connectivity index (χ0n) is 11.8. The molecule has 0 radical (unpaired) electrons. The fraction of sp³-hybridized carbons (Fsp3) is 0.0625. The number of benzene rings is 2. The van der Waals surface area contributed by atoms with Crippen LogP contribution in [-0.4, -0.2) is 21.9 Å². The first-order valence-electron chi connectivity index (χ1n) is 6.71. The Balaban J connectivity index is 1.69. The van der Waals surface area contributed by atoms with Crippen molar-refractivity contribution in [2.75, 3.05) is 11.1 Å². The number of anilines is 1. The van der Waals surface area contributed by atoms with Crippen molar-refractivity contribution >= 4 is 34.1 Å². The highest BCUT2D eigenvalue weighted by atomic mass is 32.2. The molecule has 116 valence electrons. The molecule has 0 aliphatic rings. The molecule has 23 heavy (non-hydrogen) atoms. The Labute approximate surface area is 134 Å². The molecule has 0 fully saturated rings. The number of carbonyl (C=O) groups is 1.